The van der Waals surface area contributed by atoms with E-state index in [-0.39, 0.29) is 0 Å². The number of ether oxygens (including phenoxy) is 1. The molecule has 0 unspecified atom stereocenters. The third-order valence-corrected chi connectivity index (χ3v) is 3.24. The molecule has 2 aromatic rings. The highest BCUT2D eigenvalue weighted by atomic mass is 16.5. The van der Waals surface area contributed by atoms with Crippen LogP contribution >= 0.6 is 0 Å². The highest BCUT2D eigenvalue weighted by Gasteiger charge is 2.18. The maximum absolute atomic E-state index is 5.40. The summed E-state index contributed by atoms with van der Waals surface area (Å²) in [6.07, 6.45) is 1.91. The fourth-order valence-electron chi connectivity index (χ4n) is 2.38. The highest BCUT2D eigenvalue weighted by molar-refractivity contribution is 5.78. The molecule has 3 rings (SSSR count). The number of rotatable bonds is 3. The van der Waals surface area contributed by atoms with Crippen molar-refractivity contribution in [3.8, 4) is 0 Å². The van der Waals surface area contributed by atoms with Gasteiger partial charge in [-0.1, -0.05) is 18.2 Å². The van der Waals surface area contributed by atoms with Gasteiger partial charge in [-0.2, -0.15) is 0 Å². The zero-order chi connectivity index (χ0) is 12.4. The summed E-state index contributed by atoms with van der Waals surface area (Å²) in [6.45, 7) is 7.98. The van der Waals surface area contributed by atoms with E-state index in [1.54, 1.807) is 0 Å². The van der Waals surface area contributed by atoms with Crippen molar-refractivity contribution in [2.75, 3.05) is 31.2 Å². The second-order valence-corrected chi connectivity index (χ2v) is 4.40. The number of benzene rings is 1. The van der Waals surface area contributed by atoms with Gasteiger partial charge in [0.2, 0.25) is 5.95 Å². The van der Waals surface area contributed by atoms with Gasteiger partial charge in [-0.05, 0) is 12.1 Å². The molecule has 0 saturated carbocycles. The lowest BCUT2D eigenvalue weighted by Gasteiger charge is -2.28. The van der Waals surface area contributed by atoms with E-state index in [0.717, 1.165) is 44.3 Å². The van der Waals surface area contributed by atoms with Crippen LogP contribution in [0.15, 0.2) is 36.9 Å². The molecule has 1 aliphatic heterocycles. The Morgan fingerprint density at radius 1 is 1.28 bits per heavy atom. The maximum atomic E-state index is 5.40. The molecule has 18 heavy (non-hydrogen) atoms. The van der Waals surface area contributed by atoms with Gasteiger partial charge >= 0.3 is 0 Å². The largest absolute Gasteiger partial charge is 0.378 e. The van der Waals surface area contributed by atoms with E-state index in [9.17, 15) is 0 Å². The van der Waals surface area contributed by atoms with Crippen LogP contribution in [0.4, 0.5) is 5.95 Å². The van der Waals surface area contributed by atoms with E-state index in [1.165, 1.54) is 5.52 Å². The average Bonchev–Trinajstić information content (AvgIpc) is 2.80. The topological polar surface area (TPSA) is 30.3 Å². The molecule has 4 nitrogen and oxygen atoms in total. The van der Waals surface area contributed by atoms with Crippen LogP contribution in [-0.4, -0.2) is 35.9 Å². The van der Waals surface area contributed by atoms with Gasteiger partial charge < -0.3 is 14.2 Å². The van der Waals surface area contributed by atoms with E-state index in [0.29, 0.717) is 0 Å². The van der Waals surface area contributed by atoms with Gasteiger partial charge in [0.25, 0.3) is 0 Å². The minimum Gasteiger partial charge on any atom is -0.378 e. The van der Waals surface area contributed by atoms with Crippen LogP contribution < -0.4 is 4.90 Å². The number of para-hydroxylation sites is 2. The first-order valence-corrected chi connectivity index (χ1v) is 6.29. The Balaban J connectivity index is 2.08. The first-order chi connectivity index (χ1) is 8.90. The second-order valence-electron chi connectivity index (χ2n) is 4.40. The van der Waals surface area contributed by atoms with Crippen molar-refractivity contribution in [1.82, 2.24) is 9.55 Å². The molecule has 1 aromatic carbocycles. The standard InChI is InChI=1S/C14H17N3O/c1-2-7-17-13-6-4-3-5-12(13)15-14(17)16-8-10-18-11-9-16/h2-6H,1,7-11H2. The number of allylic oxidation sites excluding steroid dienone is 1. The second kappa shape index (κ2) is 4.82. The quantitative estimate of drug-likeness (QED) is 0.773. The van der Waals surface area contributed by atoms with Gasteiger partial charge in [-0.25, -0.2) is 4.98 Å². The summed E-state index contributed by atoms with van der Waals surface area (Å²) >= 11 is 0. The highest BCUT2D eigenvalue weighted by Crippen LogP contribution is 2.23. The number of fused-ring (bicyclic) bond motifs is 1. The smallest absolute Gasteiger partial charge is 0.207 e. The molecule has 2 heterocycles. The molecule has 1 fully saturated rings. The van der Waals surface area contributed by atoms with Crippen molar-refractivity contribution in [3.63, 3.8) is 0 Å². The fourth-order valence-corrected chi connectivity index (χ4v) is 2.38. The summed E-state index contributed by atoms with van der Waals surface area (Å²) < 4.78 is 7.61. The summed E-state index contributed by atoms with van der Waals surface area (Å²) in [5, 5.41) is 0. The number of aromatic nitrogens is 2. The average molecular weight is 243 g/mol. The summed E-state index contributed by atoms with van der Waals surface area (Å²) in [6, 6.07) is 8.23. The van der Waals surface area contributed by atoms with E-state index in [4.69, 9.17) is 9.72 Å². The lowest BCUT2D eigenvalue weighted by atomic mass is 10.3. The number of morpholine rings is 1. The minimum absolute atomic E-state index is 0.775. The normalized spacial score (nSPS) is 16.1. The first kappa shape index (κ1) is 11.3. The van der Waals surface area contributed by atoms with Crippen LogP contribution in [0.3, 0.4) is 0 Å². The molecule has 0 N–H and O–H groups in total. The predicted octanol–water partition coefficient (Wildman–Crippen LogP) is 2.06. The minimum atomic E-state index is 0.775. The third kappa shape index (κ3) is 1.88. The summed E-state index contributed by atoms with van der Waals surface area (Å²) in [5.41, 5.74) is 2.21. The molecular formula is C14H17N3O. The van der Waals surface area contributed by atoms with Crippen molar-refractivity contribution in [2.24, 2.45) is 0 Å². The van der Waals surface area contributed by atoms with Gasteiger partial charge in [0.05, 0.1) is 24.2 Å². The molecule has 0 spiro atoms. The zero-order valence-corrected chi connectivity index (χ0v) is 10.4. The number of nitrogens with zero attached hydrogens (tertiary/aromatic N) is 3. The Morgan fingerprint density at radius 2 is 2.06 bits per heavy atom. The number of hydrogen-bond acceptors (Lipinski definition) is 3. The number of anilines is 1. The molecule has 0 aliphatic carbocycles. The van der Waals surface area contributed by atoms with Crippen molar-refractivity contribution in [3.05, 3.63) is 36.9 Å². The zero-order valence-electron chi connectivity index (χ0n) is 10.4. The van der Waals surface area contributed by atoms with Crippen molar-refractivity contribution in [1.29, 1.82) is 0 Å². The molecule has 0 radical (unpaired) electrons. The van der Waals surface area contributed by atoms with Crippen LogP contribution in [0.2, 0.25) is 0 Å². The van der Waals surface area contributed by atoms with Crippen molar-refractivity contribution >= 4 is 17.0 Å². The van der Waals surface area contributed by atoms with E-state index >= 15 is 0 Å². The SMILES string of the molecule is C=CCn1c(N2CCOCC2)nc2ccccc21. The molecule has 4 heteroatoms. The Kier molecular flexibility index (Phi) is 3.02. The fraction of sp³-hybridized carbons (Fsp3) is 0.357. The molecule has 1 saturated heterocycles. The van der Waals surface area contributed by atoms with E-state index < -0.39 is 0 Å². The summed E-state index contributed by atoms with van der Waals surface area (Å²) in [7, 11) is 0. The van der Waals surface area contributed by atoms with Crippen LogP contribution in [0, 0.1) is 0 Å². The van der Waals surface area contributed by atoms with Crippen molar-refractivity contribution in [2.45, 2.75) is 6.54 Å². The molecule has 0 bridgehead atoms. The van der Waals surface area contributed by atoms with E-state index in [1.807, 2.05) is 18.2 Å². The van der Waals surface area contributed by atoms with Gasteiger partial charge in [0, 0.05) is 19.6 Å². The van der Waals surface area contributed by atoms with Crippen LogP contribution in [0.25, 0.3) is 11.0 Å². The Hall–Kier alpha value is -1.81. The molecule has 0 amide bonds. The van der Waals surface area contributed by atoms with Crippen LogP contribution in [-0.2, 0) is 11.3 Å². The predicted molar refractivity (Wildman–Crippen MR) is 73.0 cm³/mol. The monoisotopic (exact) mass is 243 g/mol. The Bertz CT molecular complexity index is 555. The maximum Gasteiger partial charge on any atom is 0.207 e. The molecule has 1 aromatic heterocycles. The third-order valence-electron chi connectivity index (χ3n) is 3.24. The molecular weight excluding hydrogens is 226 g/mol. The lowest BCUT2D eigenvalue weighted by Crippen LogP contribution is -2.37. The van der Waals surface area contributed by atoms with Gasteiger partial charge in [0.15, 0.2) is 0 Å². The Labute approximate surface area is 106 Å². The van der Waals surface area contributed by atoms with Gasteiger partial charge in [-0.15, -0.1) is 6.58 Å². The molecule has 1 aliphatic rings. The summed E-state index contributed by atoms with van der Waals surface area (Å²) in [4.78, 5) is 7.03. The van der Waals surface area contributed by atoms with Gasteiger partial charge in [0.1, 0.15) is 0 Å². The van der Waals surface area contributed by atoms with Crippen LogP contribution in [0.5, 0.6) is 0 Å². The van der Waals surface area contributed by atoms with E-state index in [2.05, 4.69) is 28.2 Å². The number of imidazole rings is 1. The van der Waals surface area contributed by atoms with Crippen molar-refractivity contribution < 1.29 is 4.74 Å². The number of hydrogen-bond donors (Lipinski definition) is 0. The molecule has 0 atom stereocenters. The van der Waals surface area contributed by atoms with Crippen LogP contribution in [0.1, 0.15) is 0 Å². The first-order valence-electron chi connectivity index (χ1n) is 6.29. The lowest BCUT2D eigenvalue weighted by molar-refractivity contribution is 0.121. The summed E-state index contributed by atoms with van der Waals surface area (Å²) in [5.74, 6) is 1.03. The molecule has 94 valence electrons. The van der Waals surface area contributed by atoms with Gasteiger partial charge in [-0.3, -0.25) is 0 Å². The Morgan fingerprint density at radius 3 is 2.83 bits per heavy atom.